The molecule has 1 heterocycles. The Bertz CT molecular complexity index is 287. The van der Waals surface area contributed by atoms with Gasteiger partial charge >= 0.3 is 0 Å². The normalized spacial score (nSPS) is 13.6. The summed E-state index contributed by atoms with van der Waals surface area (Å²) in [6.45, 7) is 12.1. The summed E-state index contributed by atoms with van der Waals surface area (Å²) >= 11 is 0. The van der Waals surface area contributed by atoms with Crippen molar-refractivity contribution in [1.29, 1.82) is 0 Å². The van der Waals surface area contributed by atoms with E-state index in [2.05, 4.69) is 50.6 Å². The van der Waals surface area contributed by atoms with Crippen LogP contribution in [0.15, 0.2) is 6.20 Å². The average molecular weight is 194 g/mol. The molecule has 0 spiro atoms. The zero-order valence-corrected chi connectivity index (χ0v) is 10.0. The van der Waals surface area contributed by atoms with Crippen LogP contribution in [0, 0.1) is 12.8 Å². The van der Waals surface area contributed by atoms with Gasteiger partial charge in [-0.3, -0.25) is 4.68 Å². The average Bonchev–Trinajstić information content (AvgIpc) is 2.46. The molecule has 1 unspecified atom stereocenters. The van der Waals surface area contributed by atoms with Crippen molar-refractivity contribution in [1.82, 2.24) is 9.78 Å². The molecule has 0 saturated carbocycles. The van der Waals surface area contributed by atoms with Crippen LogP contribution in [0.3, 0.4) is 0 Å². The van der Waals surface area contributed by atoms with Gasteiger partial charge in [-0.25, -0.2) is 0 Å². The first-order valence-electron chi connectivity index (χ1n) is 5.60. The van der Waals surface area contributed by atoms with Crippen LogP contribution in [0.5, 0.6) is 0 Å². The van der Waals surface area contributed by atoms with E-state index in [9.17, 15) is 0 Å². The molecule has 1 aromatic rings. The van der Waals surface area contributed by atoms with Crippen LogP contribution in [0.2, 0.25) is 0 Å². The third-order valence-electron chi connectivity index (χ3n) is 2.93. The molecular formula is C12H22N2. The number of rotatable bonds is 4. The fourth-order valence-electron chi connectivity index (χ4n) is 1.68. The summed E-state index contributed by atoms with van der Waals surface area (Å²) in [5.74, 6) is 1.30. The second-order valence-corrected chi connectivity index (χ2v) is 4.47. The molecule has 0 aromatic carbocycles. The van der Waals surface area contributed by atoms with Crippen LogP contribution < -0.4 is 0 Å². The highest BCUT2D eigenvalue weighted by Gasteiger charge is 2.15. The van der Waals surface area contributed by atoms with Gasteiger partial charge in [0.05, 0.1) is 5.69 Å². The lowest BCUT2D eigenvalue weighted by Gasteiger charge is -2.13. The van der Waals surface area contributed by atoms with Gasteiger partial charge in [-0.2, -0.15) is 5.10 Å². The first-order chi connectivity index (χ1) is 6.56. The van der Waals surface area contributed by atoms with Gasteiger partial charge in [-0.05, 0) is 30.7 Å². The largest absolute Gasteiger partial charge is 0.272 e. The van der Waals surface area contributed by atoms with E-state index in [1.165, 1.54) is 11.3 Å². The fourth-order valence-corrected chi connectivity index (χ4v) is 1.68. The molecule has 0 amide bonds. The second-order valence-electron chi connectivity index (χ2n) is 4.47. The Labute approximate surface area is 87.3 Å². The molecule has 0 saturated heterocycles. The number of aryl methyl sites for hydroxylation is 2. The minimum Gasteiger partial charge on any atom is -0.272 e. The van der Waals surface area contributed by atoms with E-state index in [1.54, 1.807) is 0 Å². The first kappa shape index (κ1) is 11.3. The molecule has 0 fully saturated rings. The predicted octanol–water partition coefficient (Wildman–Crippen LogP) is 3.36. The minimum absolute atomic E-state index is 0.612. The van der Waals surface area contributed by atoms with Gasteiger partial charge in [0.25, 0.3) is 0 Å². The molecule has 0 aliphatic carbocycles. The van der Waals surface area contributed by atoms with Crippen LogP contribution in [-0.2, 0) is 6.54 Å². The van der Waals surface area contributed by atoms with E-state index in [4.69, 9.17) is 0 Å². The summed E-state index contributed by atoms with van der Waals surface area (Å²) in [4.78, 5) is 0. The highest BCUT2D eigenvalue weighted by atomic mass is 15.3. The molecule has 0 aliphatic heterocycles. The third kappa shape index (κ3) is 2.37. The molecule has 1 aromatic heterocycles. The van der Waals surface area contributed by atoms with E-state index < -0.39 is 0 Å². The number of nitrogens with zero attached hydrogens (tertiary/aromatic N) is 2. The molecule has 0 aliphatic rings. The summed E-state index contributed by atoms with van der Waals surface area (Å²) in [7, 11) is 0. The molecule has 0 bridgehead atoms. The standard InChI is InChI=1S/C12H22N2/c1-6-7-14-8-12(11(5)13-14)10(4)9(2)3/h8-10H,6-7H2,1-5H3. The molecular weight excluding hydrogens is 172 g/mol. The molecule has 0 radical (unpaired) electrons. The van der Waals surface area contributed by atoms with Gasteiger partial charge in [-0.15, -0.1) is 0 Å². The van der Waals surface area contributed by atoms with Crippen molar-refractivity contribution in [2.24, 2.45) is 5.92 Å². The zero-order chi connectivity index (χ0) is 10.7. The molecule has 14 heavy (non-hydrogen) atoms. The van der Waals surface area contributed by atoms with E-state index in [1.807, 2.05) is 0 Å². The summed E-state index contributed by atoms with van der Waals surface area (Å²) < 4.78 is 2.07. The maximum absolute atomic E-state index is 4.52. The van der Waals surface area contributed by atoms with E-state index in [0.29, 0.717) is 11.8 Å². The highest BCUT2D eigenvalue weighted by Crippen LogP contribution is 2.25. The van der Waals surface area contributed by atoms with Crippen molar-refractivity contribution in [3.05, 3.63) is 17.5 Å². The predicted molar refractivity (Wildman–Crippen MR) is 60.5 cm³/mol. The molecule has 1 atom stereocenters. The Kier molecular flexibility index (Phi) is 3.73. The molecule has 1 rings (SSSR count). The fraction of sp³-hybridized carbons (Fsp3) is 0.750. The van der Waals surface area contributed by atoms with Crippen molar-refractivity contribution >= 4 is 0 Å². The third-order valence-corrected chi connectivity index (χ3v) is 2.93. The van der Waals surface area contributed by atoms with Gasteiger partial charge < -0.3 is 0 Å². The molecule has 0 N–H and O–H groups in total. The van der Waals surface area contributed by atoms with E-state index >= 15 is 0 Å². The summed E-state index contributed by atoms with van der Waals surface area (Å²) in [6.07, 6.45) is 3.36. The van der Waals surface area contributed by atoms with Crippen LogP contribution in [0.25, 0.3) is 0 Å². The van der Waals surface area contributed by atoms with Crippen LogP contribution in [0.4, 0.5) is 0 Å². The Morgan fingerprint density at radius 1 is 1.36 bits per heavy atom. The Morgan fingerprint density at radius 3 is 2.50 bits per heavy atom. The Morgan fingerprint density at radius 2 is 2.00 bits per heavy atom. The van der Waals surface area contributed by atoms with E-state index in [-0.39, 0.29) is 0 Å². The van der Waals surface area contributed by atoms with Gasteiger partial charge in [0.2, 0.25) is 0 Å². The zero-order valence-electron chi connectivity index (χ0n) is 10.0. The maximum atomic E-state index is 4.52. The van der Waals surface area contributed by atoms with Crippen molar-refractivity contribution in [2.45, 2.75) is 53.5 Å². The smallest absolute Gasteiger partial charge is 0.0628 e. The van der Waals surface area contributed by atoms with Crippen LogP contribution >= 0.6 is 0 Å². The quantitative estimate of drug-likeness (QED) is 0.718. The maximum Gasteiger partial charge on any atom is 0.0628 e. The minimum atomic E-state index is 0.612. The Balaban J connectivity index is 2.86. The topological polar surface area (TPSA) is 17.8 Å². The molecule has 2 nitrogen and oxygen atoms in total. The van der Waals surface area contributed by atoms with Crippen molar-refractivity contribution in [2.75, 3.05) is 0 Å². The van der Waals surface area contributed by atoms with Crippen molar-refractivity contribution in [3.8, 4) is 0 Å². The summed E-state index contributed by atoms with van der Waals surface area (Å²) in [5, 5.41) is 4.52. The Hall–Kier alpha value is -0.790. The lowest BCUT2D eigenvalue weighted by atomic mass is 9.91. The lowest BCUT2D eigenvalue weighted by Crippen LogP contribution is -2.02. The van der Waals surface area contributed by atoms with Crippen molar-refractivity contribution in [3.63, 3.8) is 0 Å². The number of aromatic nitrogens is 2. The van der Waals surface area contributed by atoms with Gasteiger partial charge in [0.15, 0.2) is 0 Å². The summed E-state index contributed by atoms with van der Waals surface area (Å²) in [5.41, 5.74) is 2.60. The van der Waals surface area contributed by atoms with E-state index in [0.717, 1.165) is 13.0 Å². The van der Waals surface area contributed by atoms with Gasteiger partial charge in [0, 0.05) is 12.7 Å². The summed E-state index contributed by atoms with van der Waals surface area (Å²) in [6, 6.07) is 0. The molecule has 2 heteroatoms. The van der Waals surface area contributed by atoms with Gasteiger partial charge in [0.1, 0.15) is 0 Å². The number of hydrogen-bond acceptors (Lipinski definition) is 1. The lowest BCUT2D eigenvalue weighted by molar-refractivity contribution is 0.531. The highest BCUT2D eigenvalue weighted by molar-refractivity contribution is 5.20. The van der Waals surface area contributed by atoms with Crippen molar-refractivity contribution < 1.29 is 0 Å². The number of hydrogen-bond donors (Lipinski definition) is 0. The van der Waals surface area contributed by atoms with Crippen LogP contribution in [0.1, 0.15) is 51.3 Å². The van der Waals surface area contributed by atoms with Gasteiger partial charge in [-0.1, -0.05) is 27.7 Å². The first-order valence-corrected chi connectivity index (χ1v) is 5.60. The van der Waals surface area contributed by atoms with Crippen LogP contribution in [-0.4, -0.2) is 9.78 Å². The SMILES string of the molecule is CCCn1cc(C(C)C(C)C)c(C)n1. The monoisotopic (exact) mass is 194 g/mol. The molecule has 80 valence electrons. The second kappa shape index (κ2) is 4.63.